The average Bonchev–Trinajstić information content (AvgIpc) is 2.61. The molecule has 3 N–H and O–H groups in total. The molecule has 0 unspecified atom stereocenters. The second-order valence-electron chi connectivity index (χ2n) is 6.93. The van der Waals surface area contributed by atoms with Crippen molar-refractivity contribution in [3.63, 3.8) is 0 Å². The summed E-state index contributed by atoms with van der Waals surface area (Å²) < 4.78 is 51.7. The number of anilines is 3. The first-order valence-electron chi connectivity index (χ1n) is 9.23. The van der Waals surface area contributed by atoms with Crippen molar-refractivity contribution in [2.75, 3.05) is 43.1 Å². The van der Waals surface area contributed by atoms with E-state index >= 15 is 0 Å². The van der Waals surface area contributed by atoms with E-state index in [1.54, 1.807) is 13.0 Å². The first kappa shape index (κ1) is 23.3. The summed E-state index contributed by atoms with van der Waals surface area (Å²) in [6.45, 7) is 3.38. The standard InChI is InChI=1S/C19H24F4N6O/c1-12-10-16(24-8-4-5-9-29(2)3)27-17(25-12)28-18(30)26-13-6-7-15(20)14(11-13)19(21,22)23/h6-7,10-11H,4-5,8-9H2,1-3H3,(H3,24,25,26,27,28,30). The Balaban J connectivity index is 1.97. The molecule has 1 heterocycles. The summed E-state index contributed by atoms with van der Waals surface area (Å²) in [5.41, 5.74) is -1.08. The molecule has 2 aromatic rings. The number of nitrogens with one attached hydrogen (secondary N) is 3. The molecule has 0 radical (unpaired) electrons. The molecule has 1 aromatic heterocycles. The number of alkyl halides is 3. The minimum atomic E-state index is -4.87. The Kier molecular flexibility index (Phi) is 7.93. The summed E-state index contributed by atoms with van der Waals surface area (Å²) >= 11 is 0. The molecule has 0 atom stereocenters. The van der Waals surface area contributed by atoms with Gasteiger partial charge in [-0.3, -0.25) is 5.32 Å². The summed E-state index contributed by atoms with van der Waals surface area (Å²) in [6, 6.07) is 3.05. The number of aryl methyl sites for hydroxylation is 1. The third-order valence-corrected chi connectivity index (χ3v) is 3.95. The lowest BCUT2D eigenvalue weighted by Gasteiger charge is -2.12. The van der Waals surface area contributed by atoms with Crippen molar-refractivity contribution < 1.29 is 22.4 Å². The molecule has 0 saturated heterocycles. The number of hydrogen-bond acceptors (Lipinski definition) is 5. The average molecular weight is 428 g/mol. The summed E-state index contributed by atoms with van der Waals surface area (Å²) in [5, 5.41) is 7.73. The van der Waals surface area contributed by atoms with E-state index in [1.165, 1.54) is 0 Å². The molecule has 0 aliphatic carbocycles. The van der Waals surface area contributed by atoms with Crippen LogP contribution in [0, 0.1) is 12.7 Å². The largest absolute Gasteiger partial charge is 0.419 e. The lowest BCUT2D eigenvalue weighted by molar-refractivity contribution is -0.139. The van der Waals surface area contributed by atoms with Crippen LogP contribution in [-0.2, 0) is 6.18 Å². The van der Waals surface area contributed by atoms with Crippen LogP contribution in [0.15, 0.2) is 24.3 Å². The first-order valence-corrected chi connectivity index (χ1v) is 9.23. The van der Waals surface area contributed by atoms with Gasteiger partial charge in [-0.05, 0) is 58.6 Å². The predicted octanol–water partition coefficient (Wildman–Crippen LogP) is 4.34. The number of aromatic nitrogens is 2. The molecule has 2 rings (SSSR count). The van der Waals surface area contributed by atoms with E-state index in [0.717, 1.165) is 25.5 Å². The molecule has 0 aliphatic heterocycles. The fraction of sp³-hybridized carbons (Fsp3) is 0.421. The smallest absolute Gasteiger partial charge is 0.370 e. The van der Waals surface area contributed by atoms with Gasteiger partial charge in [0.2, 0.25) is 5.95 Å². The van der Waals surface area contributed by atoms with Crippen LogP contribution in [0.5, 0.6) is 0 Å². The number of nitrogens with zero attached hydrogens (tertiary/aromatic N) is 3. The van der Waals surface area contributed by atoms with Crippen molar-refractivity contribution in [1.29, 1.82) is 0 Å². The molecule has 11 heteroatoms. The highest BCUT2D eigenvalue weighted by Crippen LogP contribution is 2.33. The van der Waals surface area contributed by atoms with Gasteiger partial charge in [0.05, 0.1) is 5.56 Å². The van der Waals surface area contributed by atoms with E-state index in [0.29, 0.717) is 30.2 Å². The lowest BCUT2D eigenvalue weighted by atomic mass is 10.2. The Hall–Kier alpha value is -2.95. The molecular weight excluding hydrogens is 404 g/mol. The van der Waals surface area contributed by atoms with Gasteiger partial charge in [-0.15, -0.1) is 0 Å². The van der Waals surface area contributed by atoms with Gasteiger partial charge in [-0.2, -0.15) is 18.2 Å². The van der Waals surface area contributed by atoms with Gasteiger partial charge >= 0.3 is 12.2 Å². The SMILES string of the molecule is Cc1cc(NCCCCN(C)C)nc(NC(=O)Nc2ccc(F)c(C(F)(F)F)c2)n1. The highest BCUT2D eigenvalue weighted by Gasteiger charge is 2.34. The van der Waals surface area contributed by atoms with Crippen LogP contribution in [0.2, 0.25) is 0 Å². The number of benzene rings is 1. The summed E-state index contributed by atoms with van der Waals surface area (Å²) in [6.07, 6.45) is -2.93. The van der Waals surface area contributed by atoms with Crippen molar-refractivity contribution in [2.24, 2.45) is 0 Å². The number of halogens is 4. The summed E-state index contributed by atoms with van der Waals surface area (Å²) in [4.78, 5) is 22.5. The number of urea groups is 1. The summed E-state index contributed by atoms with van der Waals surface area (Å²) in [5.74, 6) is -0.915. The Labute approximate surface area is 171 Å². The zero-order valence-corrected chi connectivity index (χ0v) is 16.9. The first-order chi connectivity index (χ1) is 14.0. The molecule has 164 valence electrons. The maximum atomic E-state index is 13.4. The highest BCUT2D eigenvalue weighted by molar-refractivity contribution is 5.98. The maximum absolute atomic E-state index is 13.4. The fourth-order valence-corrected chi connectivity index (χ4v) is 2.57. The van der Waals surface area contributed by atoms with Crippen molar-refractivity contribution in [3.05, 3.63) is 41.3 Å². The van der Waals surface area contributed by atoms with Crippen LogP contribution in [0.1, 0.15) is 24.1 Å². The number of hydrogen-bond donors (Lipinski definition) is 3. The van der Waals surface area contributed by atoms with E-state index in [4.69, 9.17) is 0 Å². The number of carbonyl (C=O) groups excluding carboxylic acids is 1. The van der Waals surface area contributed by atoms with E-state index in [-0.39, 0.29) is 11.6 Å². The van der Waals surface area contributed by atoms with E-state index in [9.17, 15) is 22.4 Å². The topological polar surface area (TPSA) is 82.2 Å². The van der Waals surface area contributed by atoms with Crippen LogP contribution < -0.4 is 16.0 Å². The molecular formula is C19H24F4N6O. The van der Waals surface area contributed by atoms with Gasteiger partial charge in [0.25, 0.3) is 0 Å². The molecule has 0 aliphatic rings. The van der Waals surface area contributed by atoms with Gasteiger partial charge in [0.1, 0.15) is 11.6 Å². The van der Waals surface area contributed by atoms with Gasteiger partial charge in [-0.25, -0.2) is 14.2 Å². The van der Waals surface area contributed by atoms with E-state index in [1.807, 2.05) is 14.1 Å². The Morgan fingerprint density at radius 2 is 1.83 bits per heavy atom. The van der Waals surface area contributed by atoms with Gasteiger partial charge in [0, 0.05) is 24.0 Å². The van der Waals surface area contributed by atoms with Gasteiger partial charge < -0.3 is 15.5 Å². The number of amides is 2. The molecule has 30 heavy (non-hydrogen) atoms. The number of rotatable bonds is 8. The number of unbranched alkanes of at least 4 members (excludes halogenated alkanes) is 1. The molecule has 0 spiro atoms. The van der Waals surface area contributed by atoms with Crippen LogP contribution >= 0.6 is 0 Å². The van der Waals surface area contributed by atoms with Crippen molar-refractivity contribution >= 4 is 23.5 Å². The minimum absolute atomic E-state index is 0.0125. The van der Waals surface area contributed by atoms with Crippen molar-refractivity contribution in [2.45, 2.75) is 25.9 Å². The second kappa shape index (κ2) is 10.2. The number of carbonyl (C=O) groups is 1. The molecule has 2 amide bonds. The molecule has 1 aromatic carbocycles. The van der Waals surface area contributed by atoms with E-state index < -0.39 is 23.6 Å². The Bertz CT molecular complexity index is 873. The van der Waals surface area contributed by atoms with Crippen LogP contribution in [0.4, 0.5) is 39.8 Å². The van der Waals surface area contributed by atoms with Gasteiger partial charge in [-0.1, -0.05) is 0 Å². The van der Waals surface area contributed by atoms with Gasteiger partial charge in [0.15, 0.2) is 0 Å². The zero-order valence-electron chi connectivity index (χ0n) is 16.9. The molecule has 7 nitrogen and oxygen atoms in total. The highest BCUT2D eigenvalue weighted by atomic mass is 19.4. The van der Waals surface area contributed by atoms with E-state index in [2.05, 4.69) is 30.8 Å². The maximum Gasteiger partial charge on any atom is 0.419 e. The quantitative estimate of drug-likeness (QED) is 0.430. The van der Waals surface area contributed by atoms with Crippen LogP contribution in [0.3, 0.4) is 0 Å². The predicted molar refractivity (Wildman–Crippen MR) is 107 cm³/mol. The summed E-state index contributed by atoms with van der Waals surface area (Å²) in [7, 11) is 4.00. The second-order valence-corrected chi connectivity index (χ2v) is 6.93. The molecule has 0 fully saturated rings. The third-order valence-electron chi connectivity index (χ3n) is 3.95. The Morgan fingerprint density at radius 3 is 2.50 bits per heavy atom. The molecule has 0 bridgehead atoms. The minimum Gasteiger partial charge on any atom is -0.370 e. The normalized spacial score (nSPS) is 11.5. The lowest BCUT2D eigenvalue weighted by Crippen LogP contribution is -2.22. The third kappa shape index (κ3) is 7.47. The van der Waals surface area contributed by atoms with Crippen LogP contribution in [0.25, 0.3) is 0 Å². The molecule has 0 saturated carbocycles. The van der Waals surface area contributed by atoms with Crippen molar-refractivity contribution in [1.82, 2.24) is 14.9 Å². The van der Waals surface area contributed by atoms with Crippen molar-refractivity contribution in [3.8, 4) is 0 Å². The fourth-order valence-electron chi connectivity index (χ4n) is 2.57. The van der Waals surface area contributed by atoms with Crippen LogP contribution in [-0.4, -0.2) is 48.1 Å². The monoisotopic (exact) mass is 428 g/mol. The zero-order chi connectivity index (χ0) is 22.3. The Morgan fingerprint density at radius 1 is 1.10 bits per heavy atom.